The first-order valence-electron chi connectivity index (χ1n) is 7.48. The zero-order chi connectivity index (χ0) is 14.9. The molecule has 0 heterocycles. The Hall–Kier alpha value is -2.16. The van der Waals surface area contributed by atoms with Crippen molar-refractivity contribution in [3.63, 3.8) is 0 Å². The number of para-hydroxylation sites is 2. The molecule has 0 saturated carbocycles. The van der Waals surface area contributed by atoms with E-state index in [1.54, 1.807) is 0 Å². The van der Waals surface area contributed by atoms with Crippen molar-refractivity contribution in [1.29, 1.82) is 0 Å². The molecule has 0 aliphatic rings. The normalized spacial score (nSPS) is 10.3. The number of hydrogen-bond donors (Lipinski definition) is 1. The molecule has 2 N–H and O–H groups in total. The van der Waals surface area contributed by atoms with E-state index in [9.17, 15) is 0 Å². The molecule has 0 fully saturated rings. The molecule has 2 aromatic carbocycles. The average Bonchev–Trinajstić information content (AvgIpc) is 2.52. The van der Waals surface area contributed by atoms with Gasteiger partial charge in [0, 0.05) is 0 Å². The van der Waals surface area contributed by atoms with Crippen LogP contribution >= 0.6 is 0 Å². The van der Waals surface area contributed by atoms with Crippen LogP contribution < -0.4 is 15.2 Å². The van der Waals surface area contributed by atoms with Crippen LogP contribution in [0, 0.1) is 0 Å². The Kier molecular flexibility index (Phi) is 5.95. The SMILES string of the molecule is CCCCc1ccc(OCCOc2ccccc2N)cc1. The van der Waals surface area contributed by atoms with Crippen molar-refractivity contribution in [3.8, 4) is 11.5 Å². The first-order chi connectivity index (χ1) is 10.3. The van der Waals surface area contributed by atoms with E-state index in [1.165, 1.54) is 18.4 Å². The molecule has 0 atom stereocenters. The summed E-state index contributed by atoms with van der Waals surface area (Å²) in [6.07, 6.45) is 3.58. The summed E-state index contributed by atoms with van der Waals surface area (Å²) in [6, 6.07) is 15.8. The first-order valence-corrected chi connectivity index (χ1v) is 7.48. The maximum Gasteiger partial charge on any atom is 0.142 e. The molecule has 112 valence electrons. The minimum atomic E-state index is 0.478. The van der Waals surface area contributed by atoms with Gasteiger partial charge in [-0.25, -0.2) is 0 Å². The third kappa shape index (κ3) is 5.03. The summed E-state index contributed by atoms with van der Waals surface area (Å²) in [7, 11) is 0. The Morgan fingerprint density at radius 3 is 2.33 bits per heavy atom. The van der Waals surface area contributed by atoms with Crippen LogP contribution in [0.25, 0.3) is 0 Å². The number of rotatable bonds is 8. The standard InChI is InChI=1S/C18H23NO2/c1-2-3-6-15-9-11-16(12-10-15)20-13-14-21-18-8-5-4-7-17(18)19/h4-5,7-12H,2-3,6,13-14,19H2,1H3. The molecule has 0 aliphatic heterocycles. The number of nitrogens with two attached hydrogens (primary N) is 1. The zero-order valence-electron chi connectivity index (χ0n) is 12.5. The number of anilines is 1. The highest BCUT2D eigenvalue weighted by Gasteiger charge is 1.99. The molecule has 0 amide bonds. The van der Waals surface area contributed by atoms with Gasteiger partial charge in [0.25, 0.3) is 0 Å². The van der Waals surface area contributed by atoms with Crippen LogP contribution in [0.15, 0.2) is 48.5 Å². The topological polar surface area (TPSA) is 44.5 Å². The maximum absolute atomic E-state index is 5.80. The fourth-order valence-electron chi connectivity index (χ4n) is 2.06. The van der Waals surface area contributed by atoms with Crippen LogP contribution in [0.3, 0.4) is 0 Å². The van der Waals surface area contributed by atoms with Crippen molar-refractivity contribution in [2.75, 3.05) is 18.9 Å². The van der Waals surface area contributed by atoms with Crippen molar-refractivity contribution >= 4 is 5.69 Å². The molecule has 3 heteroatoms. The van der Waals surface area contributed by atoms with E-state index < -0.39 is 0 Å². The monoisotopic (exact) mass is 285 g/mol. The molecule has 2 rings (SSSR count). The molecule has 0 unspecified atom stereocenters. The lowest BCUT2D eigenvalue weighted by molar-refractivity contribution is 0.218. The fourth-order valence-corrected chi connectivity index (χ4v) is 2.06. The van der Waals surface area contributed by atoms with Gasteiger partial charge in [-0.05, 0) is 42.7 Å². The van der Waals surface area contributed by atoms with Gasteiger partial charge in [-0.3, -0.25) is 0 Å². The van der Waals surface area contributed by atoms with E-state index in [0.717, 1.165) is 12.2 Å². The van der Waals surface area contributed by atoms with Gasteiger partial charge in [-0.2, -0.15) is 0 Å². The van der Waals surface area contributed by atoms with Crippen molar-refractivity contribution in [1.82, 2.24) is 0 Å². The summed E-state index contributed by atoms with van der Waals surface area (Å²) in [5, 5.41) is 0. The van der Waals surface area contributed by atoms with Gasteiger partial charge in [0.05, 0.1) is 5.69 Å². The molecular formula is C18H23NO2. The van der Waals surface area contributed by atoms with Gasteiger partial charge in [0.2, 0.25) is 0 Å². The molecule has 0 saturated heterocycles. The zero-order valence-corrected chi connectivity index (χ0v) is 12.5. The van der Waals surface area contributed by atoms with Crippen LogP contribution in [-0.2, 0) is 6.42 Å². The summed E-state index contributed by atoms with van der Waals surface area (Å²) in [4.78, 5) is 0. The van der Waals surface area contributed by atoms with E-state index in [2.05, 4.69) is 19.1 Å². The molecule has 0 radical (unpaired) electrons. The van der Waals surface area contributed by atoms with E-state index in [-0.39, 0.29) is 0 Å². The van der Waals surface area contributed by atoms with Crippen LogP contribution in [0.5, 0.6) is 11.5 Å². The fraction of sp³-hybridized carbons (Fsp3) is 0.333. The predicted octanol–water partition coefficient (Wildman–Crippen LogP) is 4.07. The first kappa shape index (κ1) is 15.2. The molecule has 3 nitrogen and oxygen atoms in total. The number of nitrogen functional groups attached to an aromatic ring is 1. The van der Waals surface area contributed by atoms with E-state index in [4.69, 9.17) is 15.2 Å². The summed E-state index contributed by atoms with van der Waals surface area (Å²) < 4.78 is 11.2. The second kappa shape index (κ2) is 8.20. The Morgan fingerprint density at radius 1 is 0.905 bits per heavy atom. The molecule has 0 aliphatic carbocycles. The Labute approximate surface area is 126 Å². The van der Waals surface area contributed by atoms with Crippen molar-refractivity contribution in [3.05, 3.63) is 54.1 Å². The highest BCUT2D eigenvalue weighted by atomic mass is 16.5. The summed E-state index contributed by atoms with van der Waals surface area (Å²) >= 11 is 0. The number of hydrogen-bond acceptors (Lipinski definition) is 3. The third-order valence-electron chi connectivity index (χ3n) is 3.27. The van der Waals surface area contributed by atoms with Gasteiger partial charge < -0.3 is 15.2 Å². The lowest BCUT2D eigenvalue weighted by atomic mass is 10.1. The van der Waals surface area contributed by atoms with E-state index in [1.807, 2.05) is 36.4 Å². The van der Waals surface area contributed by atoms with Crippen LogP contribution in [0.4, 0.5) is 5.69 Å². The molecule has 0 aromatic heterocycles. The molecular weight excluding hydrogens is 262 g/mol. The van der Waals surface area contributed by atoms with E-state index in [0.29, 0.717) is 24.7 Å². The van der Waals surface area contributed by atoms with Gasteiger partial charge in [-0.15, -0.1) is 0 Å². The predicted molar refractivity (Wildman–Crippen MR) is 86.9 cm³/mol. The quantitative estimate of drug-likeness (QED) is 0.587. The van der Waals surface area contributed by atoms with Gasteiger partial charge >= 0.3 is 0 Å². The molecule has 0 bridgehead atoms. The number of aryl methyl sites for hydroxylation is 1. The lowest BCUT2D eigenvalue weighted by Crippen LogP contribution is -2.09. The maximum atomic E-state index is 5.80. The van der Waals surface area contributed by atoms with Crippen LogP contribution in [0.2, 0.25) is 0 Å². The number of ether oxygens (including phenoxy) is 2. The van der Waals surface area contributed by atoms with Crippen LogP contribution in [0.1, 0.15) is 25.3 Å². The Morgan fingerprint density at radius 2 is 1.62 bits per heavy atom. The van der Waals surface area contributed by atoms with Crippen molar-refractivity contribution < 1.29 is 9.47 Å². The Balaban J connectivity index is 1.72. The number of unbranched alkanes of at least 4 members (excludes halogenated alkanes) is 1. The molecule has 2 aromatic rings. The highest BCUT2D eigenvalue weighted by Crippen LogP contribution is 2.19. The summed E-state index contributed by atoms with van der Waals surface area (Å²) in [5.74, 6) is 1.58. The summed E-state index contributed by atoms with van der Waals surface area (Å²) in [5.41, 5.74) is 7.81. The smallest absolute Gasteiger partial charge is 0.142 e. The Bertz CT molecular complexity index is 537. The third-order valence-corrected chi connectivity index (χ3v) is 3.27. The molecule has 0 spiro atoms. The van der Waals surface area contributed by atoms with Crippen molar-refractivity contribution in [2.24, 2.45) is 0 Å². The lowest BCUT2D eigenvalue weighted by Gasteiger charge is -2.10. The van der Waals surface area contributed by atoms with Gasteiger partial charge in [0.15, 0.2) is 0 Å². The second-order valence-electron chi connectivity index (χ2n) is 4.98. The second-order valence-corrected chi connectivity index (χ2v) is 4.98. The largest absolute Gasteiger partial charge is 0.490 e. The average molecular weight is 285 g/mol. The minimum absolute atomic E-state index is 0.478. The van der Waals surface area contributed by atoms with Crippen LogP contribution in [-0.4, -0.2) is 13.2 Å². The van der Waals surface area contributed by atoms with Gasteiger partial charge in [0.1, 0.15) is 24.7 Å². The van der Waals surface area contributed by atoms with E-state index >= 15 is 0 Å². The minimum Gasteiger partial charge on any atom is -0.490 e. The summed E-state index contributed by atoms with van der Waals surface area (Å²) in [6.45, 7) is 3.19. The number of benzene rings is 2. The van der Waals surface area contributed by atoms with Crippen molar-refractivity contribution in [2.45, 2.75) is 26.2 Å². The highest BCUT2D eigenvalue weighted by molar-refractivity contribution is 5.51. The molecule has 21 heavy (non-hydrogen) atoms. The van der Waals surface area contributed by atoms with Gasteiger partial charge in [-0.1, -0.05) is 37.6 Å².